The lowest BCUT2D eigenvalue weighted by molar-refractivity contribution is -0.154. The second-order valence-electron chi connectivity index (χ2n) is 18.9. The van der Waals surface area contributed by atoms with Gasteiger partial charge in [0.25, 0.3) is 5.91 Å². The summed E-state index contributed by atoms with van der Waals surface area (Å²) in [5, 5.41) is 11.9. The van der Waals surface area contributed by atoms with Crippen LogP contribution in [-0.4, -0.2) is 82.8 Å². The molecule has 5 amide bonds. The van der Waals surface area contributed by atoms with E-state index in [0.717, 1.165) is 51.4 Å². The SMILES string of the molecule is C=CCC[C@H](NC(=O)[C@@H]1C2C(CN1C(=O)[C@@H](NC(=O)NC13CC4CC(CC(C4)C1)C3)C1CCCCC1)C2(C)C)C(=O)C(=O)NCCC(=O)OC(C)(C)C. The van der Waals surface area contributed by atoms with Crippen molar-refractivity contribution in [3.05, 3.63) is 12.7 Å². The number of carbonyl (C=O) groups excluding carboxylic acids is 6. The van der Waals surface area contributed by atoms with Crippen LogP contribution < -0.4 is 21.3 Å². The van der Waals surface area contributed by atoms with Crippen LogP contribution in [0.25, 0.3) is 0 Å². The monoisotopic (exact) mass is 737 g/mol. The summed E-state index contributed by atoms with van der Waals surface area (Å²) < 4.78 is 5.28. The highest BCUT2D eigenvalue weighted by Gasteiger charge is 2.70. The zero-order valence-electron chi connectivity index (χ0n) is 32.6. The van der Waals surface area contributed by atoms with Gasteiger partial charge in [0, 0.05) is 18.6 Å². The van der Waals surface area contributed by atoms with Crippen molar-refractivity contribution in [1.29, 1.82) is 0 Å². The number of hydrogen-bond donors (Lipinski definition) is 4. The van der Waals surface area contributed by atoms with Gasteiger partial charge in [0.15, 0.2) is 0 Å². The average Bonchev–Trinajstić information content (AvgIpc) is 3.38. The van der Waals surface area contributed by atoms with E-state index in [9.17, 15) is 28.8 Å². The molecule has 1 saturated heterocycles. The van der Waals surface area contributed by atoms with Gasteiger partial charge in [0.1, 0.15) is 17.7 Å². The van der Waals surface area contributed by atoms with Crippen LogP contribution in [0.3, 0.4) is 0 Å². The molecule has 0 aromatic heterocycles. The number of allylic oxidation sites excluding steroid dienone is 1. The molecule has 1 aliphatic heterocycles. The molecule has 1 heterocycles. The summed E-state index contributed by atoms with van der Waals surface area (Å²) in [6.07, 6.45) is 13.6. The van der Waals surface area contributed by atoms with Crippen LogP contribution in [0, 0.1) is 40.9 Å². The van der Waals surface area contributed by atoms with Gasteiger partial charge < -0.3 is 30.9 Å². The standard InChI is InChI=1S/C41H63N5O7/c1-7-8-14-29(34(48)36(50)42-16-15-30(47)53-39(2,3)4)43-35(49)33-31-28(40(31,5)6)23-46(33)37(51)32(27-12-10-9-11-13-27)44-38(52)45-41-20-24-17-25(21-41)19-26(18-24)22-41/h7,24-29,31-33H,1,8-23H2,2-6H3,(H,42,50)(H,43,49)(H2,44,45,52)/t24?,25?,26?,28?,29-,31?,32-,33-,41?/m0/s1. The summed E-state index contributed by atoms with van der Waals surface area (Å²) in [5.41, 5.74) is -1.05. The number of esters is 1. The molecule has 7 fully saturated rings. The Morgan fingerprint density at radius 1 is 0.925 bits per heavy atom. The predicted octanol–water partition coefficient (Wildman–Crippen LogP) is 4.55. The minimum absolute atomic E-state index is 0.0293. The van der Waals surface area contributed by atoms with E-state index in [1.807, 2.05) is 0 Å². The summed E-state index contributed by atoms with van der Waals surface area (Å²) in [6, 6.07) is -3.02. The van der Waals surface area contributed by atoms with Crippen molar-refractivity contribution in [2.24, 2.45) is 40.9 Å². The maximum atomic E-state index is 14.7. The van der Waals surface area contributed by atoms with Crippen LogP contribution in [0.2, 0.25) is 0 Å². The van der Waals surface area contributed by atoms with Crippen molar-refractivity contribution in [2.75, 3.05) is 13.1 Å². The van der Waals surface area contributed by atoms with E-state index in [4.69, 9.17) is 4.74 Å². The number of ketones is 1. The van der Waals surface area contributed by atoms with Gasteiger partial charge in [-0.1, -0.05) is 39.2 Å². The molecule has 7 rings (SSSR count). The van der Waals surface area contributed by atoms with Crippen LogP contribution in [0.4, 0.5) is 4.79 Å². The van der Waals surface area contributed by atoms with Gasteiger partial charge >= 0.3 is 12.0 Å². The number of Topliss-reactive ketones (excluding diaryl/α,β-unsaturated/α-hetero) is 1. The number of nitrogens with one attached hydrogen (secondary N) is 4. The largest absolute Gasteiger partial charge is 0.460 e. The fourth-order valence-corrected chi connectivity index (χ4v) is 11.2. The highest BCUT2D eigenvalue weighted by molar-refractivity contribution is 6.38. The van der Waals surface area contributed by atoms with Crippen molar-refractivity contribution in [3.8, 4) is 0 Å². The first-order valence-corrected chi connectivity index (χ1v) is 20.3. The molecular weight excluding hydrogens is 674 g/mol. The van der Waals surface area contributed by atoms with Crippen molar-refractivity contribution < 1.29 is 33.5 Å². The Balaban J connectivity index is 1.14. The number of likely N-dealkylation sites (tertiary alicyclic amines) is 1. The normalized spacial score (nSPS) is 32.1. The number of hydrogen-bond acceptors (Lipinski definition) is 7. The average molecular weight is 738 g/mol. The van der Waals surface area contributed by atoms with Crippen LogP contribution in [0.5, 0.6) is 0 Å². The minimum atomic E-state index is -1.14. The third kappa shape index (κ3) is 8.77. The fourth-order valence-electron chi connectivity index (χ4n) is 11.2. The second-order valence-corrected chi connectivity index (χ2v) is 18.9. The quantitative estimate of drug-likeness (QED) is 0.116. The summed E-state index contributed by atoms with van der Waals surface area (Å²) in [5.74, 6) is -0.973. The molecular formula is C41H63N5O7. The molecule has 0 aromatic rings. The Morgan fingerprint density at radius 2 is 1.55 bits per heavy atom. The number of piperidine rings is 1. The smallest absolute Gasteiger partial charge is 0.315 e. The lowest BCUT2D eigenvalue weighted by Crippen LogP contribution is -2.64. The summed E-state index contributed by atoms with van der Waals surface area (Å²) in [6.45, 7) is 13.5. The van der Waals surface area contributed by atoms with Gasteiger partial charge in [-0.3, -0.25) is 24.0 Å². The van der Waals surface area contributed by atoms with Crippen LogP contribution >= 0.6 is 0 Å². The summed E-state index contributed by atoms with van der Waals surface area (Å²) >= 11 is 0. The van der Waals surface area contributed by atoms with Crippen LogP contribution in [0.1, 0.15) is 125 Å². The number of ether oxygens (including phenoxy) is 1. The molecule has 4 bridgehead atoms. The lowest BCUT2D eigenvalue weighted by Gasteiger charge is -2.56. The van der Waals surface area contributed by atoms with E-state index in [0.29, 0.717) is 30.7 Å². The van der Waals surface area contributed by atoms with E-state index in [2.05, 4.69) is 41.7 Å². The highest BCUT2D eigenvalue weighted by Crippen LogP contribution is 2.65. The zero-order chi connectivity index (χ0) is 38.3. The van der Waals surface area contributed by atoms with Gasteiger partial charge in [-0.25, -0.2) is 4.79 Å². The predicted molar refractivity (Wildman–Crippen MR) is 199 cm³/mol. The third-order valence-corrected chi connectivity index (χ3v) is 13.4. The van der Waals surface area contributed by atoms with Crippen molar-refractivity contribution in [1.82, 2.24) is 26.2 Å². The number of amides is 5. The molecule has 0 spiro atoms. The molecule has 6 aliphatic carbocycles. The van der Waals surface area contributed by atoms with Gasteiger partial charge in [-0.15, -0.1) is 6.58 Å². The molecule has 4 N–H and O–H groups in total. The maximum absolute atomic E-state index is 14.7. The van der Waals surface area contributed by atoms with E-state index in [-0.39, 0.29) is 60.0 Å². The topological polar surface area (TPSA) is 163 Å². The number of rotatable bonds is 14. The first-order valence-electron chi connectivity index (χ1n) is 20.3. The van der Waals surface area contributed by atoms with Crippen LogP contribution in [0.15, 0.2) is 12.7 Å². The van der Waals surface area contributed by atoms with Gasteiger partial charge in [-0.2, -0.15) is 0 Å². The highest BCUT2D eigenvalue weighted by atomic mass is 16.6. The summed E-state index contributed by atoms with van der Waals surface area (Å²) in [4.78, 5) is 83.0. The van der Waals surface area contributed by atoms with Gasteiger partial charge in [0.2, 0.25) is 17.6 Å². The first kappa shape index (κ1) is 39.3. The second kappa shape index (κ2) is 15.4. The molecule has 0 aromatic carbocycles. The number of fused-ring (bicyclic) bond motifs is 1. The Labute approximate surface area is 315 Å². The Morgan fingerprint density at radius 3 is 2.13 bits per heavy atom. The van der Waals surface area contributed by atoms with Crippen molar-refractivity contribution in [3.63, 3.8) is 0 Å². The summed E-state index contributed by atoms with van der Waals surface area (Å²) in [7, 11) is 0. The first-order chi connectivity index (χ1) is 25.0. The molecule has 7 aliphatic rings. The molecule has 12 nitrogen and oxygen atoms in total. The van der Waals surface area contributed by atoms with E-state index >= 15 is 0 Å². The van der Waals surface area contributed by atoms with Crippen molar-refractivity contribution in [2.45, 2.75) is 154 Å². The molecule has 12 heteroatoms. The number of urea groups is 1. The van der Waals surface area contributed by atoms with Crippen LogP contribution in [-0.2, 0) is 28.7 Å². The molecule has 0 radical (unpaired) electrons. The molecule has 6 saturated carbocycles. The Bertz CT molecular complexity index is 1430. The van der Waals surface area contributed by atoms with E-state index < -0.39 is 47.3 Å². The fraction of sp³-hybridized carbons (Fsp3) is 0.805. The molecule has 53 heavy (non-hydrogen) atoms. The number of nitrogens with zero attached hydrogens (tertiary/aromatic N) is 1. The third-order valence-electron chi connectivity index (χ3n) is 13.4. The van der Waals surface area contributed by atoms with E-state index in [1.165, 1.54) is 19.3 Å². The lowest BCUT2D eigenvalue weighted by atomic mass is 9.53. The maximum Gasteiger partial charge on any atom is 0.315 e. The number of carbonyl (C=O) groups is 6. The Kier molecular flexibility index (Phi) is 11.4. The van der Waals surface area contributed by atoms with Gasteiger partial charge in [0.05, 0.1) is 12.5 Å². The molecule has 5 atom stereocenters. The van der Waals surface area contributed by atoms with Gasteiger partial charge in [-0.05, 0) is 126 Å². The zero-order valence-corrected chi connectivity index (χ0v) is 32.6. The van der Waals surface area contributed by atoms with E-state index in [1.54, 1.807) is 31.7 Å². The van der Waals surface area contributed by atoms with Crippen molar-refractivity contribution >= 4 is 35.5 Å². The molecule has 2 unspecified atom stereocenters. The Hall–Kier alpha value is -3.44. The molecule has 294 valence electrons. The minimum Gasteiger partial charge on any atom is -0.460 e.